The van der Waals surface area contributed by atoms with Gasteiger partial charge in [-0.1, -0.05) is 0 Å². The van der Waals surface area contributed by atoms with Crippen molar-refractivity contribution in [2.24, 2.45) is 11.7 Å². The zero-order chi connectivity index (χ0) is 13.2. The third-order valence-corrected chi connectivity index (χ3v) is 5.13. The summed E-state index contributed by atoms with van der Waals surface area (Å²) in [5.41, 5.74) is 5.54. The molecule has 0 aliphatic carbocycles. The first-order valence-electron chi connectivity index (χ1n) is 6.26. The van der Waals surface area contributed by atoms with E-state index in [0.717, 1.165) is 19.3 Å². The Hall–Kier alpha value is -0.920. The van der Waals surface area contributed by atoms with E-state index in [1.54, 1.807) is 11.2 Å². The van der Waals surface area contributed by atoms with Gasteiger partial charge in [0.25, 0.3) is 10.0 Å². The highest BCUT2D eigenvalue weighted by Gasteiger charge is 2.30. The number of H-pyrrole nitrogens is 1. The monoisotopic (exact) mass is 272 g/mol. The second-order valence-electron chi connectivity index (χ2n) is 4.78. The number of rotatable bonds is 4. The molecule has 3 N–H and O–H groups in total. The van der Waals surface area contributed by atoms with Gasteiger partial charge in [0, 0.05) is 13.1 Å². The summed E-state index contributed by atoms with van der Waals surface area (Å²) in [7, 11) is -3.42. The van der Waals surface area contributed by atoms with Gasteiger partial charge in [-0.05, 0) is 38.6 Å². The molecule has 2 rings (SSSR count). The van der Waals surface area contributed by atoms with Crippen molar-refractivity contribution in [2.45, 2.75) is 31.2 Å². The Balaban J connectivity index is 2.15. The van der Waals surface area contributed by atoms with E-state index in [-0.39, 0.29) is 5.03 Å². The van der Waals surface area contributed by atoms with Gasteiger partial charge in [-0.3, -0.25) is 0 Å². The highest BCUT2D eigenvalue weighted by molar-refractivity contribution is 7.89. The summed E-state index contributed by atoms with van der Waals surface area (Å²) in [5, 5.41) is 0.188. The Morgan fingerprint density at radius 3 is 3.00 bits per heavy atom. The van der Waals surface area contributed by atoms with Gasteiger partial charge in [0.2, 0.25) is 0 Å². The van der Waals surface area contributed by atoms with Crippen molar-refractivity contribution in [2.75, 3.05) is 19.6 Å². The van der Waals surface area contributed by atoms with Crippen molar-refractivity contribution in [1.29, 1.82) is 0 Å². The van der Waals surface area contributed by atoms with Crippen LogP contribution in [0.4, 0.5) is 0 Å². The Kier molecular flexibility index (Phi) is 4.04. The smallest absolute Gasteiger partial charge is 0.260 e. The van der Waals surface area contributed by atoms with Gasteiger partial charge >= 0.3 is 0 Å². The average Bonchev–Trinajstić information content (AvgIpc) is 2.77. The minimum absolute atomic E-state index is 0.188. The van der Waals surface area contributed by atoms with Crippen LogP contribution in [0, 0.1) is 12.8 Å². The highest BCUT2D eigenvalue weighted by Crippen LogP contribution is 2.24. The van der Waals surface area contributed by atoms with E-state index in [2.05, 4.69) is 9.97 Å². The lowest BCUT2D eigenvalue weighted by molar-refractivity contribution is 0.257. The van der Waals surface area contributed by atoms with E-state index >= 15 is 0 Å². The third kappa shape index (κ3) is 2.73. The molecule has 0 aromatic carbocycles. The normalized spacial score (nSPS) is 22.2. The fourth-order valence-corrected chi connectivity index (χ4v) is 3.90. The maximum Gasteiger partial charge on any atom is 0.260 e. The molecule has 1 saturated heterocycles. The number of hydrogen-bond acceptors (Lipinski definition) is 4. The molecule has 0 amide bonds. The number of sulfonamides is 1. The van der Waals surface area contributed by atoms with Crippen LogP contribution in [0.1, 0.15) is 25.1 Å². The maximum atomic E-state index is 12.4. The molecule has 1 aliphatic rings. The highest BCUT2D eigenvalue weighted by atomic mass is 32.2. The molecule has 18 heavy (non-hydrogen) atoms. The van der Waals surface area contributed by atoms with Crippen LogP contribution in [0.15, 0.2) is 11.2 Å². The average molecular weight is 272 g/mol. The number of aromatic amines is 1. The molecule has 1 atom stereocenters. The summed E-state index contributed by atoms with van der Waals surface area (Å²) in [6.07, 6.45) is 4.23. The third-order valence-electron chi connectivity index (χ3n) is 3.35. The molecule has 0 radical (unpaired) electrons. The molecule has 2 heterocycles. The molecule has 0 saturated carbocycles. The maximum absolute atomic E-state index is 12.4. The van der Waals surface area contributed by atoms with Crippen LogP contribution in [0.2, 0.25) is 0 Å². The number of nitrogens with two attached hydrogens (primary N) is 1. The molecule has 0 bridgehead atoms. The van der Waals surface area contributed by atoms with Gasteiger partial charge in [0.1, 0.15) is 5.82 Å². The van der Waals surface area contributed by atoms with Crippen LogP contribution in [-0.4, -0.2) is 42.3 Å². The van der Waals surface area contributed by atoms with Gasteiger partial charge in [-0.2, -0.15) is 4.31 Å². The van der Waals surface area contributed by atoms with Crippen LogP contribution in [0.5, 0.6) is 0 Å². The van der Waals surface area contributed by atoms with Crippen LogP contribution in [0.25, 0.3) is 0 Å². The zero-order valence-electron chi connectivity index (χ0n) is 10.6. The Labute approximate surface area is 108 Å². The van der Waals surface area contributed by atoms with Crippen LogP contribution in [0.3, 0.4) is 0 Å². The molecule has 1 aromatic heterocycles. The van der Waals surface area contributed by atoms with Crippen molar-refractivity contribution in [1.82, 2.24) is 14.3 Å². The van der Waals surface area contributed by atoms with Gasteiger partial charge in [-0.15, -0.1) is 0 Å². The SMILES string of the molecule is Cc1ncc(S(=O)(=O)N2CCCC(CCN)C2)[nH]1. The lowest BCUT2D eigenvalue weighted by atomic mass is 9.96. The molecular weight excluding hydrogens is 252 g/mol. The second kappa shape index (κ2) is 5.38. The summed E-state index contributed by atoms with van der Waals surface area (Å²) in [5.74, 6) is 0.992. The number of piperidine rings is 1. The summed E-state index contributed by atoms with van der Waals surface area (Å²) in [6, 6.07) is 0. The number of nitrogens with one attached hydrogen (secondary N) is 1. The molecule has 6 nitrogen and oxygen atoms in total. The lowest BCUT2D eigenvalue weighted by Crippen LogP contribution is -2.40. The minimum atomic E-state index is -3.42. The summed E-state index contributed by atoms with van der Waals surface area (Å²) < 4.78 is 26.3. The number of aryl methyl sites for hydroxylation is 1. The minimum Gasteiger partial charge on any atom is -0.332 e. The van der Waals surface area contributed by atoms with Gasteiger partial charge in [0.05, 0.1) is 6.20 Å². The first kappa shape index (κ1) is 13.5. The predicted octanol–water partition coefficient (Wildman–Crippen LogP) is 0.468. The first-order valence-corrected chi connectivity index (χ1v) is 7.70. The Morgan fingerprint density at radius 1 is 1.61 bits per heavy atom. The first-order chi connectivity index (χ1) is 8.54. The number of aromatic nitrogens is 2. The van der Waals surface area contributed by atoms with Crippen LogP contribution >= 0.6 is 0 Å². The van der Waals surface area contributed by atoms with E-state index in [4.69, 9.17) is 5.73 Å². The van der Waals surface area contributed by atoms with E-state index < -0.39 is 10.0 Å². The van der Waals surface area contributed by atoms with E-state index in [1.165, 1.54) is 6.20 Å². The molecule has 1 fully saturated rings. The lowest BCUT2D eigenvalue weighted by Gasteiger charge is -2.31. The van der Waals surface area contributed by atoms with Gasteiger partial charge in [-0.25, -0.2) is 13.4 Å². The number of nitrogens with zero attached hydrogens (tertiary/aromatic N) is 2. The Morgan fingerprint density at radius 2 is 2.39 bits per heavy atom. The van der Waals surface area contributed by atoms with Crippen LogP contribution in [-0.2, 0) is 10.0 Å². The van der Waals surface area contributed by atoms with Gasteiger partial charge < -0.3 is 10.7 Å². The largest absolute Gasteiger partial charge is 0.332 e. The van der Waals surface area contributed by atoms with E-state index in [9.17, 15) is 8.42 Å². The fourth-order valence-electron chi connectivity index (χ4n) is 2.38. The number of hydrogen-bond donors (Lipinski definition) is 2. The summed E-state index contributed by atoms with van der Waals surface area (Å²) in [6.45, 7) is 3.51. The standard InChI is InChI=1S/C11H20N4O2S/c1-9-13-7-11(14-9)18(16,17)15-6-2-3-10(8-15)4-5-12/h7,10H,2-6,8,12H2,1H3,(H,13,14). The van der Waals surface area contributed by atoms with Crippen LogP contribution < -0.4 is 5.73 Å². The van der Waals surface area contributed by atoms with E-state index in [1.807, 2.05) is 0 Å². The molecule has 7 heteroatoms. The molecular formula is C11H20N4O2S. The van der Waals surface area contributed by atoms with Gasteiger partial charge in [0.15, 0.2) is 5.03 Å². The van der Waals surface area contributed by atoms with Crippen molar-refractivity contribution in [3.05, 3.63) is 12.0 Å². The van der Waals surface area contributed by atoms with Crippen molar-refractivity contribution in [3.8, 4) is 0 Å². The van der Waals surface area contributed by atoms with Crippen molar-refractivity contribution in [3.63, 3.8) is 0 Å². The fraction of sp³-hybridized carbons (Fsp3) is 0.727. The topological polar surface area (TPSA) is 92.1 Å². The molecule has 1 aliphatic heterocycles. The molecule has 102 valence electrons. The quantitative estimate of drug-likeness (QED) is 0.833. The van der Waals surface area contributed by atoms with Crippen molar-refractivity contribution >= 4 is 10.0 Å². The second-order valence-corrected chi connectivity index (χ2v) is 6.69. The molecule has 1 aromatic rings. The number of imidazole rings is 1. The van der Waals surface area contributed by atoms with Crippen molar-refractivity contribution < 1.29 is 8.42 Å². The summed E-state index contributed by atoms with van der Waals surface area (Å²) in [4.78, 5) is 6.75. The molecule has 0 spiro atoms. The zero-order valence-corrected chi connectivity index (χ0v) is 11.4. The Bertz CT molecular complexity index is 495. The molecule has 1 unspecified atom stereocenters. The predicted molar refractivity (Wildman–Crippen MR) is 68.5 cm³/mol. The summed E-state index contributed by atoms with van der Waals surface area (Å²) >= 11 is 0. The van der Waals surface area contributed by atoms with E-state index in [0.29, 0.717) is 31.4 Å².